The van der Waals surface area contributed by atoms with Gasteiger partial charge in [-0.1, -0.05) is 0 Å². The second-order valence-electron chi connectivity index (χ2n) is 8.08. The molecule has 0 radical (unpaired) electrons. The van der Waals surface area contributed by atoms with Gasteiger partial charge < -0.3 is 24.2 Å². The summed E-state index contributed by atoms with van der Waals surface area (Å²) in [7, 11) is 3.71. The molecule has 0 bridgehead atoms. The molecular formula is C19H26N6O3. The molecule has 2 aliphatic heterocycles. The first-order chi connectivity index (χ1) is 13.2. The third-order valence-electron chi connectivity index (χ3n) is 4.36. The first-order valence-electron chi connectivity index (χ1n) is 9.20. The normalized spacial score (nSPS) is 18.8. The van der Waals surface area contributed by atoms with E-state index in [9.17, 15) is 10.1 Å². The number of pyridine rings is 1. The fourth-order valence-electron chi connectivity index (χ4n) is 3.15. The predicted octanol–water partition coefficient (Wildman–Crippen LogP) is 1.99. The summed E-state index contributed by atoms with van der Waals surface area (Å²) >= 11 is 0. The van der Waals surface area contributed by atoms with Gasteiger partial charge in [0.05, 0.1) is 18.6 Å². The number of anilines is 1. The topological polar surface area (TPSA) is 94.3 Å². The first-order valence-corrected chi connectivity index (χ1v) is 9.20. The number of rotatable bonds is 2. The van der Waals surface area contributed by atoms with Gasteiger partial charge in [0, 0.05) is 33.7 Å². The SMILES string of the molecule is CN(C)C=Nc1cnc2c(c1C#N)OC[C@H]1CN(C(=O)OC(C)(C)C)CCN21. The van der Waals surface area contributed by atoms with Crippen LogP contribution in [0.25, 0.3) is 0 Å². The fraction of sp³-hybridized carbons (Fsp3) is 0.579. The van der Waals surface area contributed by atoms with Crippen molar-refractivity contribution in [2.75, 3.05) is 45.2 Å². The highest BCUT2D eigenvalue weighted by atomic mass is 16.6. The van der Waals surface area contributed by atoms with Crippen LogP contribution in [-0.4, -0.2) is 79.2 Å². The van der Waals surface area contributed by atoms with Crippen LogP contribution in [0.1, 0.15) is 26.3 Å². The van der Waals surface area contributed by atoms with Crippen molar-refractivity contribution in [1.82, 2.24) is 14.8 Å². The van der Waals surface area contributed by atoms with Crippen LogP contribution in [0.3, 0.4) is 0 Å². The zero-order chi connectivity index (χ0) is 20.5. The van der Waals surface area contributed by atoms with Crippen molar-refractivity contribution in [2.24, 2.45) is 4.99 Å². The Balaban J connectivity index is 1.81. The number of amides is 1. The Kier molecular flexibility index (Phi) is 5.31. The molecule has 28 heavy (non-hydrogen) atoms. The summed E-state index contributed by atoms with van der Waals surface area (Å²) in [5.41, 5.74) is 0.313. The van der Waals surface area contributed by atoms with Crippen molar-refractivity contribution in [3.05, 3.63) is 11.8 Å². The average molecular weight is 386 g/mol. The molecule has 1 fully saturated rings. The van der Waals surface area contributed by atoms with Gasteiger partial charge >= 0.3 is 6.09 Å². The molecule has 9 nitrogen and oxygen atoms in total. The van der Waals surface area contributed by atoms with Crippen molar-refractivity contribution in [3.63, 3.8) is 0 Å². The van der Waals surface area contributed by atoms with Crippen LogP contribution in [0.4, 0.5) is 16.3 Å². The van der Waals surface area contributed by atoms with Gasteiger partial charge in [0.15, 0.2) is 11.6 Å². The first kappa shape index (κ1) is 19.7. The molecule has 2 aliphatic rings. The molecular weight excluding hydrogens is 360 g/mol. The molecule has 1 saturated heterocycles. The second kappa shape index (κ2) is 7.54. The zero-order valence-electron chi connectivity index (χ0n) is 17.0. The van der Waals surface area contributed by atoms with Crippen molar-refractivity contribution in [2.45, 2.75) is 32.4 Å². The minimum atomic E-state index is -0.531. The van der Waals surface area contributed by atoms with Crippen LogP contribution >= 0.6 is 0 Å². The average Bonchev–Trinajstić information content (AvgIpc) is 2.63. The van der Waals surface area contributed by atoms with E-state index in [1.807, 2.05) is 34.9 Å². The van der Waals surface area contributed by atoms with Crippen LogP contribution < -0.4 is 9.64 Å². The third kappa shape index (κ3) is 4.11. The minimum absolute atomic E-state index is 0.0380. The number of piperazine rings is 1. The van der Waals surface area contributed by atoms with Crippen LogP contribution in [0.2, 0.25) is 0 Å². The highest BCUT2D eigenvalue weighted by molar-refractivity contribution is 5.74. The Hall–Kier alpha value is -3.02. The van der Waals surface area contributed by atoms with Gasteiger partial charge in [-0.05, 0) is 20.8 Å². The zero-order valence-corrected chi connectivity index (χ0v) is 17.0. The fourth-order valence-corrected chi connectivity index (χ4v) is 3.15. The smallest absolute Gasteiger partial charge is 0.410 e. The molecule has 0 unspecified atom stereocenters. The van der Waals surface area contributed by atoms with Gasteiger partial charge in [-0.25, -0.2) is 14.8 Å². The van der Waals surface area contributed by atoms with Crippen LogP contribution in [-0.2, 0) is 4.74 Å². The number of ether oxygens (including phenoxy) is 2. The maximum atomic E-state index is 12.4. The van der Waals surface area contributed by atoms with Crippen LogP contribution in [0, 0.1) is 11.3 Å². The molecule has 0 aliphatic carbocycles. The van der Waals surface area contributed by atoms with Gasteiger partial charge in [-0.15, -0.1) is 0 Å². The van der Waals surface area contributed by atoms with E-state index in [1.165, 1.54) is 0 Å². The third-order valence-corrected chi connectivity index (χ3v) is 4.36. The molecule has 1 aromatic heterocycles. The summed E-state index contributed by atoms with van der Waals surface area (Å²) in [5, 5.41) is 9.63. The number of carbonyl (C=O) groups excluding carboxylic acids is 1. The Morgan fingerprint density at radius 1 is 1.46 bits per heavy atom. The lowest BCUT2D eigenvalue weighted by molar-refractivity contribution is 0.0194. The van der Waals surface area contributed by atoms with E-state index in [-0.39, 0.29) is 12.1 Å². The molecule has 1 aromatic rings. The summed E-state index contributed by atoms with van der Waals surface area (Å²) < 4.78 is 11.4. The summed E-state index contributed by atoms with van der Waals surface area (Å²) in [4.78, 5) is 26.8. The van der Waals surface area contributed by atoms with E-state index < -0.39 is 5.60 Å². The molecule has 1 amide bonds. The Morgan fingerprint density at radius 3 is 2.86 bits per heavy atom. The number of nitriles is 1. The Labute approximate surface area is 165 Å². The predicted molar refractivity (Wildman–Crippen MR) is 105 cm³/mol. The van der Waals surface area contributed by atoms with Gasteiger partial charge in [0.1, 0.15) is 29.5 Å². The summed E-state index contributed by atoms with van der Waals surface area (Å²) in [5.74, 6) is 1.08. The van der Waals surface area contributed by atoms with Crippen molar-refractivity contribution in [3.8, 4) is 11.8 Å². The molecule has 0 aromatic carbocycles. The number of hydrogen-bond donors (Lipinski definition) is 0. The number of hydrogen-bond acceptors (Lipinski definition) is 7. The largest absolute Gasteiger partial charge is 0.486 e. The van der Waals surface area contributed by atoms with Gasteiger partial charge in [0.2, 0.25) is 0 Å². The van der Waals surface area contributed by atoms with Gasteiger partial charge in [-0.2, -0.15) is 5.26 Å². The molecule has 0 spiro atoms. The lowest BCUT2D eigenvalue weighted by Gasteiger charge is -2.44. The van der Waals surface area contributed by atoms with E-state index in [4.69, 9.17) is 9.47 Å². The number of aromatic nitrogens is 1. The van der Waals surface area contributed by atoms with Crippen molar-refractivity contribution >= 4 is 23.9 Å². The monoisotopic (exact) mass is 386 g/mol. The quantitative estimate of drug-likeness (QED) is 0.567. The summed E-state index contributed by atoms with van der Waals surface area (Å²) in [6.07, 6.45) is 2.88. The summed E-state index contributed by atoms with van der Waals surface area (Å²) in [6.45, 7) is 7.52. The van der Waals surface area contributed by atoms with E-state index in [1.54, 1.807) is 22.3 Å². The van der Waals surface area contributed by atoms with Crippen molar-refractivity contribution < 1.29 is 14.3 Å². The molecule has 0 saturated carbocycles. The van der Waals surface area contributed by atoms with Crippen LogP contribution in [0.15, 0.2) is 11.2 Å². The number of fused-ring (bicyclic) bond motifs is 3. The molecule has 150 valence electrons. The molecule has 3 rings (SSSR count). The van der Waals surface area contributed by atoms with Crippen LogP contribution in [0.5, 0.6) is 5.75 Å². The second-order valence-corrected chi connectivity index (χ2v) is 8.08. The molecule has 9 heteroatoms. The summed E-state index contributed by atoms with van der Waals surface area (Å²) in [6, 6.07) is 2.15. The molecule has 1 atom stereocenters. The number of nitrogens with zero attached hydrogens (tertiary/aromatic N) is 6. The molecule has 3 heterocycles. The maximum absolute atomic E-state index is 12.4. The van der Waals surface area contributed by atoms with Gasteiger partial charge in [0.25, 0.3) is 0 Å². The lowest BCUT2D eigenvalue weighted by atomic mass is 10.1. The minimum Gasteiger partial charge on any atom is -0.486 e. The number of carbonyl (C=O) groups is 1. The Bertz CT molecular complexity index is 824. The number of aliphatic imine (C=N–C) groups is 1. The van der Waals surface area contributed by atoms with E-state index in [2.05, 4.69) is 20.9 Å². The lowest BCUT2D eigenvalue weighted by Crippen LogP contribution is -2.59. The van der Waals surface area contributed by atoms with E-state index in [0.29, 0.717) is 49.1 Å². The van der Waals surface area contributed by atoms with Crippen molar-refractivity contribution in [1.29, 1.82) is 5.26 Å². The van der Waals surface area contributed by atoms with E-state index >= 15 is 0 Å². The highest BCUT2D eigenvalue weighted by Crippen LogP contribution is 2.40. The highest BCUT2D eigenvalue weighted by Gasteiger charge is 2.38. The Morgan fingerprint density at radius 2 is 2.21 bits per heavy atom. The molecule has 0 N–H and O–H groups in total. The van der Waals surface area contributed by atoms with E-state index in [0.717, 1.165) is 0 Å². The maximum Gasteiger partial charge on any atom is 0.410 e. The standard InChI is InChI=1S/C19H26N6O3/c1-19(2,3)28-18(26)24-6-7-25-13(10-24)11-27-16-14(8-20)15(9-21-17(16)25)22-12-23(4)5/h9,12-13H,6-7,10-11H2,1-5H3/t13-/m1/s1. The van der Waals surface area contributed by atoms with Gasteiger partial charge in [-0.3, -0.25) is 0 Å².